The molecular weight excluding hydrogens is 419 g/mol. The number of aliphatic hydroxyl groups excluding tert-OH is 1. The van der Waals surface area contributed by atoms with Crippen molar-refractivity contribution in [1.29, 1.82) is 5.41 Å². The summed E-state index contributed by atoms with van der Waals surface area (Å²) in [5.74, 6) is 1.89. The van der Waals surface area contributed by atoms with E-state index < -0.39 is 23.4 Å². The molecule has 188 valence electrons. The Morgan fingerprint density at radius 2 is 1.59 bits per heavy atom. The minimum absolute atomic E-state index is 0.319. The number of nitrogens with one attached hydrogen (secondary N) is 1. The smallest absolute Gasteiger partial charge is 0.400 e. The molecule has 0 radical (unpaired) electrons. The van der Waals surface area contributed by atoms with Crippen molar-refractivity contribution in [3.05, 3.63) is 0 Å². The first-order valence-corrected chi connectivity index (χ1v) is 12.4. The minimum atomic E-state index is -4.49. The summed E-state index contributed by atoms with van der Waals surface area (Å²) in [7, 11) is 2.64. The van der Waals surface area contributed by atoms with Crippen molar-refractivity contribution in [2.45, 2.75) is 90.3 Å². The predicted molar refractivity (Wildman–Crippen MR) is 121 cm³/mol. The van der Waals surface area contributed by atoms with Gasteiger partial charge in [0.15, 0.2) is 0 Å². The number of hydrogen-bond donors (Lipinski definition) is 3. The number of halogens is 3. The largest absolute Gasteiger partial charge is 0.429 e. The molecule has 4 saturated carbocycles. The maximum absolute atomic E-state index is 13.3. The van der Waals surface area contributed by atoms with Crippen molar-refractivity contribution >= 4 is 5.71 Å². The zero-order valence-corrected chi connectivity index (χ0v) is 20.5. The number of methoxy groups -OCH3 is 1. The van der Waals surface area contributed by atoms with Gasteiger partial charge < -0.3 is 20.4 Å². The lowest BCUT2D eigenvalue weighted by Gasteiger charge is -2.57. The Morgan fingerprint density at radius 1 is 0.969 bits per heavy atom. The fourth-order valence-electron chi connectivity index (χ4n) is 8.03. The molecule has 0 aromatic heterocycles. The first kappa shape index (κ1) is 27.6. The van der Waals surface area contributed by atoms with Crippen LogP contribution in [0, 0.1) is 46.3 Å². The van der Waals surface area contributed by atoms with Crippen molar-refractivity contribution in [1.82, 2.24) is 0 Å². The van der Waals surface area contributed by atoms with Crippen LogP contribution in [0.3, 0.4) is 0 Å². The number of ether oxygens (including phenoxy) is 1. The highest BCUT2D eigenvalue weighted by Crippen LogP contribution is 2.65. The molecule has 4 nitrogen and oxygen atoms in total. The summed E-state index contributed by atoms with van der Waals surface area (Å²) in [6.45, 7) is 6.43. The summed E-state index contributed by atoms with van der Waals surface area (Å²) in [5, 5.41) is 25.6. The molecule has 0 heterocycles. The van der Waals surface area contributed by atoms with Gasteiger partial charge in [-0.05, 0) is 92.8 Å². The molecule has 7 heteroatoms. The molecule has 0 spiro atoms. The zero-order chi connectivity index (χ0) is 24.3. The summed E-state index contributed by atoms with van der Waals surface area (Å²) in [6.07, 6.45) is 3.40. The quantitative estimate of drug-likeness (QED) is 0.460. The molecular formula is C25H44F3NO3. The Bertz CT molecular complexity index is 628. The normalized spacial score (nSPS) is 42.8. The second-order valence-electron chi connectivity index (χ2n) is 10.4. The topological polar surface area (TPSA) is 73.5 Å². The van der Waals surface area contributed by atoms with E-state index in [9.17, 15) is 18.3 Å². The highest BCUT2D eigenvalue weighted by atomic mass is 19.4. The average Bonchev–Trinajstić information content (AvgIpc) is 3.12. The van der Waals surface area contributed by atoms with Crippen molar-refractivity contribution < 1.29 is 28.1 Å². The highest BCUT2D eigenvalue weighted by molar-refractivity contribution is 5.90. The molecule has 32 heavy (non-hydrogen) atoms. The monoisotopic (exact) mass is 463 g/mol. The minimum Gasteiger partial charge on any atom is -0.400 e. The Labute approximate surface area is 191 Å². The standard InChI is InChI=1S/C22H34F3NO2.C2H6.CH4O/c1-20-9-7-15-14-8-10-21(27,12-28-2)11-13(14)3-4-16(15)17(20)5-6-18(20)19(26)22(23,24)25;2*1-2/h13-18,26-27H,3-12H2,1-2H3;1-2H3;2H,1H3/t13?,14?,15?,16?,17?,18?,20?,21-;;/m1../s1. The fraction of sp³-hybridized carbons (Fsp3) is 0.960. The van der Waals surface area contributed by atoms with Crippen LogP contribution in [-0.4, -0.2) is 48.5 Å². The second kappa shape index (κ2) is 10.7. The molecule has 4 fully saturated rings. The SMILES string of the molecule is CC.CO.COC[C@@]1(O)CCC2C(CCC3C2CCC2(C)C(C(=N)C(F)(F)F)CCC32)C1. The Kier molecular flexibility index (Phi) is 9.25. The van der Waals surface area contributed by atoms with Crippen LogP contribution in [0.2, 0.25) is 0 Å². The highest BCUT2D eigenvalue weighted by Gasteiger charge is 2.60. The number of hydrogen-bond acceptors (Lipinski definition) is 4. The molecule has 0 bridgehead atoms. The van der Waals surface area contributed by atoms with Gasteiger partial charge in [0.1, 0.15) is 5.71 Å². The molecule has 4 rings (SSSR count). The summed E-state index contributed by atoms with van der Waals surface area (Å²) < 4.78 is 45.0. The van der Waals surface area contributed by atoms with E-state index in [1.165, 1.54) is 0 Å². The van der Waals surface area contributed by atoms with Crippen LogP contribution in [0.5, 0.6) is 0 Å². The maximum atomic E-state index is 13.3. The lowest BCUT2D eigenvalue weighted by Crippen LogP contribution is -2.52. The first-order chi connectivity index (χ1) is 15.1. The van der Waals surface area contributed by atoms with E-state index in [1.54, 1.807) is 7.11 Å². The van der Waals surface area contributed by atoms with Crippen LogP contribution >= 0.6 is 0 Å². The lowest BCUT2D eigenvalue weighted by atomic mass is 9.49. The van der Waals surface area contributed by atoms with E-state index in [0.29, 0.717) is 42.6 Å². The summed E-state index contributed by atoms with van der Waals surface area (Å²) >= 11 is 0. The van der Waals surface area contributed by atoms with Gasteiger partial charge in [-0.3, -0.25) is 0 Å². The summed E-state index contributed by atoms with van der Waals surface area (Å²) in [6, 6.07) is 0. The van der Waals surface area contributed by atoms with Crippen LogP contribution in [0.15, 0.2) is 0 Å². The van der Waals surface area contributed by atoms with Crippen molar-refractivity contribution in [3.63, 3.8) is 0 Å². The molecule has 0 aromatic rings. The lowest BCUT2D eigenvalue weighted by molar-refractivity contribution is -0.124. The average molecular weight is 464 g/mol. The summed E-state index contributed by atoms with van der Waals surface area (Å²) in [4.78, 5) is 0. The van der Waals surface area contributed by atoms with Crippen molar-refractivity contribution in [2.24, 2.45) is 40.9 Å². The van der Waals surface area contributed by atoms with Crippen LogP contribution in [0.1, 0.15) is 78.6 Å². The number of aliphatic hydroxyl groups is 2. The molecule has 0 aliphatic heterocycles. The molecule has 3 N–H and O–H groups in total. The second-order valence-corrected chi connectivity index (χ2v) is 10.4. The molecule has 0 saturated heterocycles. The molecule has 0 aromatic carbocycles. The van der Waals surface area contributed by atoms with E-state index in [2.05, 4.69) is 0 Å². The van der Waals surface area contributed by atoms with E-state index in [0.717, 1.165) is 58.5 Å². The van der Waals surface area contributed by atoms with Gasteiger partial charge in [-0.2, -0.15) is 13.2 Å². The van der Waals surface area contributed by atoms with E-state index in [-0.39, 0.29) is 5.41 Å². The van der Waals surface area contributed by atoms with Crippen molar-refractivity contribution in [3.8, 4) is 0 Å². The van der Waals surface area contributed by atoms with Gasteiger partial charge in [0.05, 0.1) is 12.2 Å². The third-order valence-corrected chi connectivity index (χ3v) is 9.17. The molecule has 7 unspecified atom stereocenters. The van der Waals surface area contributed by atoms with Crippen LogP contribution in [0.4, 0.5) is 13.2 Å². The molecule has 4 aliphatic rings. The Morgan fingerprint density at radius 3 is 2.19 bits per heavy atom. The Hall–Kier alpha value is -0.660. The zero-order valence-electron chi connectivity index (χ0n) is 20.5. The fourth-order valence-corrected chi connectivity index (χ4v) is 8.03. The van der Waals surface area contributed by atoms with Gasteiger partial charge in [-0.15, -0.1) is 0 Å². The third-order valence-electron chi connectivity index (χ3n) is 9.17. The first-order valence-electron chi connectivity index (χ1n) is 12.4. The molecule has 0 amide bonds. The van der Waals surface area contributed by atoms with Gasteiger partial charge >= 0.3 is 6.18 Å². The van der Waals surface area contributed by atoms with Gasteiger partial charge in [-0.1, -0.05) is 20.8 Å². The van der Waals surface area contributed by atoms with Gasteiger partial charge in [0, 0.05) is 20.1 Å². The van der Waals surface area contributed by atoms with Crippen LogP contribution in [-0.2, 0) is 4.74 Å². The summed E-state index contributed by atoms with van der Waals surface area (Å²) in [5.41, 5.74) is -2.06. The third kappa shape index (κ3) is 5.05. The van der Waals surface area contributed by atoms with E-state index >= 15 is 0 Å². The van der Waals surface area contributed by atoms with E-state index in [4.69, 9.17) is 15.3 Å². The van der Waals surface area contributed by atoms with Gasteiger partial charge in [-0.25, -0.2) is 0 Å². The predicted octanol–water partition coefficient (Wildman–Crippen LogP) is 5.85. The van der Waals surface area contributed by atoms with Gasteiger partial charge in [0.2, 0.25) is 0 Å². The molecule has 4 aliphatic carbocycles. The van der Waals surface area contributed by atoms with Crippen molar-refractivity contribution in [2.75, 3.05) is 20.8 Å². The van der Waals surface area contributed by atoms with Crippen LogP contribution in [0.25, 0.3) is 0 Å². The number of alkyl halides is 3. The number of rotatable bonds is 3. The maximum Gasteiger partial charge on any atom is 0.429 e. The van der Waals surface area contributed by atoms with Gasteiger partial charge in [0.25, 0.3) is 0 Å². The Balaban J connectivity index is 0.000000860. The number of fused-ring (bicyclic) bond motifs is 5. The van der Waals surface area contributed by atoms with Crippen LogP contribution < -0.4 is 0 Å². The molecule has 8 atom stereocenters. The van der Waals surface area contributed by atoms with E-state index in [1.807, 2.05) is 20.8 Å².